The van der Waals surface area contributed by atoms with Gasteiger partial charge in [0, 0.05) is 31.5 Å². The summed E-state index contributed by atoms with van der Waals surface area (Å²) in [6.07, 6.45) is 3.24. The fraction of sp³-hybridized carbons (Fsp3) is 0.583. The van der Waals surface area contributed by atoms with Crippen molar-refractivity contribution in [2.75, 3.05) is 24.2 Å². The molecule has 0 unspecified atom stereocenters. The Hall–Kier alpha value is -1.29. The summed E-state index contributed by atoms with van der Waals surface area (Å²) in [4.78, 5) is 4.13. The fourth-order valence-corrected chi connectivity index (χ4v) is 1.44. The van der Waals surface area contributed by atoms with Crippen molar-refractivity contribution in [1.29, 1.82) is 0 Å². The third-order valence-corrected chi connectivity index (χ3v) is 2.95. The summed E-state index contributed by atoms with van der Waals surface area (Å²) >= 11 is 0. The minimum Gasteiger partial charge on any atom is -0.388 e. The minimum absolute atomic E-state index is 0.563. The molecular formula is C12H21N3O. The van der Waals surface area contributed by atoms with Crippen LogP contribution < -0.4 is 10.6 Å². The zero-order chi connectivity index (χ0) is 12.0. The first-order chi connectivity index (χ1) is 7.63. The van der Waals surface area contributed by atoms with Gasteiger partial charge in [0.05, 0.1) is 5.60 Å². The van der Waals surface area contributed by atoms with Crippen LogP contribution in [0.2, 0.25) is 0 Å². The SMILES string of the molecule is CCC(O)(CC)CNc1ccnc(NC)c1. The van der Waals surface area contributed by atoms with E-state index in [0.717, 1.165) is 24.3 Å². The number of aromatic nitrogens is 1. The van der Waals surface area contributed by atoms with Crippen LogP contribution in [0.15, 0.2) is 18.3 Å². The number of hydrogen-bond donors (Lipinski definition) is 3. The first-order valence-corrected chi connectivity index (χ1v) is 5.73. The Morgan fingerprint density at radius 2 is 2.06 bits per heavy atom. The van der Waals surface area contributed by atoms with Gasteiger partial charge in [-0.15, -0.1) is 0 Å². The Kier molecular flexibility index (Phi) is 4.55. The van der Waals surface area contributed by atoms with Crippen molar-refractivity contribution in [3.05, 3.63) is 18.3 Å². The minimum atomic E-state index is -0.622. The normalized spacial score (nSPS) is 11.2. The van der Waals surface area contributed by atoms with Crippen LogP contribution >= 0.6 is 0 Å². The first-order valence-electron chi connectivity index (χ1n) is 5.73. The van der Waals surface area contributed by atoms with Crippen LogP contribution in [0.5, 0.6) is 0 Å². The van der Waals surface area contributed by atoms with Crippen LogP contribution in [0.25, 0.3) is 0 Å². The zero-order valence-corrected chi connectivity index (χ0v) is 10.2. The molecule has 0 aliphatic heterocycles. The van der Waals surface area contributed by atoms with E-state index in [1.165, 1.54) is 0 Å². The molecular weight excluding hydrogens is 202 g/mol. The summed E-state index contributed by atoms with van der Waals surface area (Å²) in [7, 11) is 1.83. The second kappa shape index (κ2) is 5.70. The maximum absolute atomic E-state index is 10.1. The lowest BCUT2D eigenvalue weighted by Crippen LogP contribution is -2.35. The van der Waals surface area contributed by atoms with Gasteiger partial charge in [0.15, 0.2) is 0 Å². The molecule has 0 spiro atoms. The molecule has 0 bridgehead atoms. The number of rotatable bonds is 6. The molecule has 0 saturated carbocycles. The number of nitrogens with zero attached hydrogens (tertiary/aromatic N) is 1. The van der Waals surface area contributed by atoms with Crippen LogP contribution in [0, 0.1) is 0 Å². The van der Waals surface area contributed by atoms with Crippen LogP contribution in [-0.4, -0.2) is 29.3 Å². The molecule has 4 nitrogen and oxygen atoms in total. The lowest BCUT2D eigenvalue weighted by molar-refractivity contribution is 0.0457. The van der Waals surface area contributed by atoms with Crippen molar-refractivity contribution in [3.63, 3.8) is 0 Å². The van der Waals surface area contributed by atoms with Gasteiger partial charge >= 0.3 is 0 Å². The van der Waals surface area contributed by atoms with Gasteiger partial charge in [-0.3, -0.25) is 0 Å². The molecule has 0 aromatic carbocycles. The van der Waals surface area contributed by atoms with E-state index in [0.29, 0.717) is 6.54 Å². The van der Waals surface area contributed by atoms with Gasteiger partial charge in [-0.25, -0.2) is 4.98 Å². The van der Waals surface area contributed by atoms with Crippen molar-refractivity contribution in [1.82, 2.24) is 4.98 Å². The molecule has 0 atom stereocenters. The molecule has 4 heteroatoms. The molecule has 0 amide bonds. The Morgan fingerprint density at radius 1 is 1.38 bits per heavy atom. The van der Waals surface area contributed by atoms with E-state index in [-0.39, 0.29) is 0 Å². The third-order valence-electron chi connectivity index (χ3n) is 2.95. The maximum Gasteiger partial charge on any atom is 0.127 e. The molecule has 3 N–H and O–H groups in total. The van der Waals surface area contributed by atoms with Crippen LogP contribution in [0.3, 0.4) is 0 Å². The largest absolute Gasteiger partial charge is 0.388 e. The molecule has 16 heavy (non-hydrogen) atoms. The number of anilines is 2. The van der Waals surface area contributed by atoms with Crippen LogP contribution in [0.1, 0.15) is 26.7 Å². The lowest BCUT2D eigenvalue weighted by atomic mass is 9.97. The highest BCUT2D eigenvalue weighted by Gasteiger charge is 2.21. The van der Waals surface area contributed by atoms with E-state index in [1.807, 2.05) is 33.0 Å². The molecule has 1 aromatic heterocycles. The summed E-state index contributed by atoms with van der Waals surface area (Å²) in [5.41, 5.74) is 0.350. The zero-order valence-electron chi connectivity index (χ0n) is 10.2. The smallest absolute Gasteiger partial charge is 0.127 e. The molecule has 1 rings (SSSR count). The quantitative estimate of drug-likeness (QED) is 0.691. The Labute approximate surface area is 97.1 Å². The van der Waals surface area contributed by atoms with Gasteiger partial charge in [-0.05, 0) is 18.9 Å². The van der Waals surface area contributed by atoms with Gasteiger partial charge in [-0.2, -0.15) is 0 Å². The number of nitrogens with one attached hydrogen (secondary N) is 2. The van der Waals surface area contributed by atoms with Crippen molar-refractivity contribution < 1.29 is 5.11 Å². The predicted molar refractivity (Wildman–Crippen MR) is 67.8 cm³/mol. The van der Waals surface area contributed by atoms with Gasteiger partial charge < -0.3 is 15.7 Å². The summed E-state index contributed by atoms with van der Waals surface area (Å²) in [5, 5.41) is 16.3. The second-order valence-electron chi connectivity index (χ2n) is 3.96. The summed E-state index contributed by atoms with van der Waals surface area (Å²) < 4.78 is 0. The maximum atomic E-state index is 10.1. The predicted octanol–water partition coefficient (Wildman–Crippen LogP) is 2.09. The van der Waals surface area contributed by atoms with E-state index >= 15 is 0 Å². The molecule has 0 saturated heterocycles. The summed E-state index contributed by atoms with van der Waals surface area (Å²) in [6, 6.07) is 3.82. The standard InChI is InChI=1S/C12H21N3O/c1-4-12(16,5-2)9-15-10-6-7-14-11(8-10)13-3/h6-8,16H,4-5,9H2,1-3H3,(H2,13,14,15). The molecule has 0 aliphatic rings. The second-order valence-corrected chi connectivity index (χ2v) is 3.96. The van der Waals surface area contributed by atoms with E-state index in [2.05, 4.69) is 15.6 Å². The highest BCUT2D eigenvalue weighted by atomic mass is 16.3. The first kappa shape index (κ1) is 12.8. The molecule has 0 aliphatic carbocycles. The Balaban J connectivity index is 2.60. The number of aliphatic hydroxyl groups is 1. The average Bonchev–Trinajstić information content (AvgIpc) is 2.36. The molecule has 1 aromatic rings. The van der Waals surface area contributed by atoms with Crippen molar-refractivity contribution in [2.24, 2.45) is 0 Å². The third kappa shape index (κ3) is 3.38. The van der Waals surface area contributed by atoms with Crippen molar-refractivity contribution in [2.45, 2.75) is 32.3 Å². The van der Waals surface area contributed by atoms with E-state index in [4.69, 9.17) is 0 Å². The van der Waals surface area contributed by atoms with E-state index in [1.54, 1.807) is 6.20 Å². The van der Waals surface area contributed by atoms with Crippen molar-refractivity contribution in [3.8, 4) is 0 Å². The molecule has 1 heterocycles. The topological polar surface area (TPSA) is 57.2 Å². The number of pyridine rings is 1. The van der Waals surface area contributed by atoms with Crippen LogP contribution in [-0.2, 0) is 0 Å². The molecule has 90 valence electrons. The Bertz CT molecular complexity index is 324. The van der Waals surface area contributed by atoms with Gasteiger partial charge in [0.1, 0.15) is 5.82 Å². The van der Waals surface area contributed by atoms with Gasteiger partial charge in [0.2, 0.25) is 0 Å². The highest BCUT2D eigenvalue weighted by Crippen LogP contribution is 2.17. The fourth-order valence-electron chi connectivity index (χ4n) is 1.44. The van der Waals surface area contributed by atoms with Crippen LogP contribution in [0.4, 0.5) is 11.5 Å². The number of hydrogen-bond acceptors (Lipinski definition) is 4. The van der Waals surface area contributed by atoms with Crippen molar-refractivity contribution >= 4 is 11.5 Å². The highest BCUT2D eigenvalue weighted by molar-refractivity contribution is 5.51. The monoisotopic (exact) mass is 223 g/mol. The molecule has 0 radical (unpaired) electrons. The molecule has 0 fully saturated rings. The van der Waals surface area contributed by atoms with Gasteiger partial charge in [0.25, 0.3) is 0 Å². The average molecular weight is 223 g/mol. The van der Waals surface area contributed by atoms with E-state index in [9.17, 15) is 5.11 Å². The lowest BCUT2D eigenvalue weighted by Gasteiger charge is -2.26. The van der Waals surface area contributed by atoms with E-state index < -0.39 is 5.60 Å². The summed E-state index contributed by atoms with van der Waals surface area (Å²) in [6.45, 7) is 4.56. The Morgan fingerprint density at radius 3 is 2.62 bits per heavy atom. The summed E-state index contributed by atoms with van der Waals surface area (Å²) in [5.74, 6) is 0.821. The van der Waals surface area contributed by atoms with Gasteiger partial charge in [-0.1, -0.05) is 13.8 Å².